The molecule has 0 aromatic heterocycles. The van der Waals surface area contributed by atoms with E-state index in [9.17, 15) is 9.59 Å². The number of carbonyl (C=O) groups excluding carboxylic acids is 2. The van der Waals surface area contributed by atoms with Crippen molar-refractivity contribution >= 4 is 11.9 Å². The normalized spacial score (nSPS) is 10.6. The fourth-order valence-corrected chi connectivity index (χ4v) is 2.40. The summed E-state index contributed by atoms with van der Waals surface area (Å²) < 4.78 is 15.7. The maximum Gasteiger partial charge on any atom is 0.342 e. The minimum Gasteiger partial charge on any atom is -0.494 e. The van der Waals surface area contributed by atoms with Gasteiger partial charge in [-0.1, -0.05) is 38.8 Å². The number of benzene rings is 2. The molecule has 0 aliphatic carbocycles. The zero-order valence-corrected chi connectivity index (χ0v) is 16.4. The summed E-state index contributed by atoms with van der Waals surface area (Å²) in [6.07, 6.45) is 6.18. The number of hydrogen-bond acceptors (Lipinski definition) is 5. The van der Waals surface area contributed by atoms with Gasteiger partial charge in [-0.3, -0.25) is 0 Å². The third kappa shape index (κ3) is 7.27. The van der Waals surface area contributed by atoms with E-state index in [0.29, 0.717) is 23.7 Å². The predicted octanol–water partition coefficient (Wildman–Crippen LogP) is 5.09. The van der Waals surface area contributed by atoms with E-state index in [-0.39, 0.29) is 0 Å². The van der Waals surface area contributed by atoms with Crippen LogP contribution in [0, 0.1) is 0 Å². The van der Waals surface area contributed by atoms with Crippen LogP contribution in [0.25, 0.3) is 0 Å². The van der Waals surface area contributed by atoms with E-state index in [0.717, 1.165) is 38.0 Å². The first-order valence-corrected chi connectivity index (χ1v) is 9.53. The largest absolute Gasteiger partial charge is 0.494 e. The van der Waals surface area contributed by atoms with Gasteiger partial charge in [-0.25, -0.2) is 9.59 Å². The fraction of sp³-hybridized carbons (Fsp3) is 0.304. The highest BCUT2D eigenvalue weighted by molar-refractivity contribution is 5.90. The molecule has 0 aliphatic rings. The first-order valence-electron chi connectivity index (χ1n) is 9.53. The Bertz CT molecular complexity index is 776. The summed E-state index contributed by atoms with van der Waals surface area (Å²) in [5, 5.41) is 0. The van der Waals surface area contributed by atoms with Crippen LogP contribution in [0.5, 0.6) is 11.5 Å². The molecule has 28 heavy (non-hydrogen) atoms. The topological polar surface area (TPSA) is 61.8 Å². The van der Waals surface area contributed by atoms with Crippen LogP contribution in [0.4, 0.5) is 0 Å². The van der Waals surface area contributed by atoms with Gasteiger partial charge in [-0.05, 0) is 54.8 Å². The van der Waals surface area contributed by atoms with Crippen molar-refractivity contribution in [2.45, 2.75) is 39.5 Å². The number of ether oxygens (including phenoxy) is 3. The first kappa shape index (κ1) is 21.2. The van der Waals surface area contributed by atoms with E-state index in [4.69, 9.17) is 14.2 Å². The standard InChI is InChI=1S/C23H26O5/c1-3-5-16-26-20-13-9-19(10-14-20)23(25)27-17-15-22(24)28-21-11-7-18(6-4-2)8-12-21/h7-15,17H,3-6,16H2,1-2H3/b17-15+. The molecule has 148 valence electrons. The zero-order chi connectivity index (χ0) is 20.2. The minimum atomic E-state index is -0.615. The zero-order valence-electron chi connectivity index (χ0n) is 16.4. The van der Waals surface area contributed by atoms with E-state index in [1.807, 2.05) is 12.1 Å². The molecule has 0 spiro atoms. The maximum absolute atomic E-state index is 12.0. The van der Waals surface area contributed by atoms with Gasteiger partial charge in [0.1, 0.15) is 17.8 Å². The summed E-state index contributed by atoms with van der Waals surface area (Å²) in [5.74, 6) is -0.0302. The van der Waals surface area contributed by atoms with Crippen LogP contribution in [-0.2, 0) is 16.0 Å². The van der Waals surface area contributed by atoms with Gasteiger partial charge in [0.2, 0.25) is 0 Å². The molecule has 2 rings (SSSR count). The lowest BCUT2D eigenvalue weighted by Gasteiger charge is -2.06. The molecule has 0 saturated heterocycles. The van der Waals surface area contributed by atoms with Crippen molar-refractivity contribution in [2.75, 3.05) is 6.61 Å². The Hall–Kier alpha value is -3.08. The highest BCUT2D eigenvalue weighted by atomic mass is 16.5. The van der Waals surface area contributed by atoms with E-state index in [1.54, 1.807) is 36.4 Å². The molecule has 0 N–H and O–H groups in total. The molecular formula is C23H26O5. The smallest absolute Gasteiger partial charge is 0.342 e. The summed E-state index contributed by atoms with van der Waals surface area (Å²) >= 11 is 0. The molecule has 0 heterocycles. The molecule has 2 aromatic rings. The monoisotopic (exact) mass is 382 g/mol. The molecule has 0 bridgehead atoms. The number of hydrogen-bond donors (Lipinski definition) is 0. The number of carbonyl (C=O) groups is 2. The first-order chi connectivity index (χ1) is 13.6. The van der Waals surface area contributed by atoms with Gasteiger partial charge in [0.25, 0.3) is 0 Å². The van der Waals surface area contributed by atoms with Crippen molar-refractivity contribution in [2.24, 2.45) is 0 Å². The fourth-order valence-electron chi connectivity index (χ4n) is 2.40. The van der Waals surface area contributed by atoms with E-state index in [1.165, 1.54) is 5.56 Å². The number of aryl methyl sites for hydroxylation is 1. The molecular weight excluding hydrogens is 356 g/mol. The van der Waals surface area contributed by atoms with Gasteiger partial charge in [-0.2, -0.15) is 0 Å². The summed E-state index contributed by atoms with van der Waals surface area (Å²) in [6, 6.07) is 14.0. The Labute approximate surface area is 165 Å². The molecule has 0 atom stereocenters. The molecule has 0 saturated carbocycles. The van der Waals surface area contributed by atoms with Gasteiger partial charge in [-0.15, -0.1) is 0 Å². The van der Waals surface area contributed by atoms with Crippen LogP contribution in [0.1, 0.15) is 49.0 Å². The lowest BCUT2D eigenvalue weighted by Crippen LogP contribution is -2.05. The molecule has 0 aliphatic heterocycles. The Morgan fingerprint density at radius 3 is 2.21 bits per heavy atom. The van der Waals surface area contributed by atoms with E-state index < -0.39 is 11.9 Å². The molecule has 2 aromatic carbocycles. The highest BCUT2D eigenvalue weighted by Crippen LogP contribution is 2.15. The molecule has 0 fully saturated rings. The molecule has 0 radical (unpaired) electrons. The van der Waals surface area contributed by atoms with Gasteiger partial charge in [0.05, 0.1) is 18.2 Å². The maximum atomic E-state index is 12.0. The SMILES string of the molecule is CCCCOc1ccc(C(=O)O/C=C/C(=O)Oc2ccc(CCC)cc2)cc1. The summed E-state index contributed by atoms with van der Waals surface area (Å²) in [7, 11) is 0. The number of rotatable bonds is 10. The lowest BCUT2D eigenvalue weighted by atomic mass is 10.1. The van der Waals surface area contributed by atoms with Crippen LogP contribution >= 0.6 is 0 Å². The Morgan fingerprint density at radius 2 is 1.57 bits per heavy atom. The van der Waals surface area contributed by atoms with Crippen molar-refractivity contribution in [3.63, 3.8) is 0 Å². The summed E-state index contributed by atoms with van der Waals surface area (Å²) in [6.45, 7) is 4.84. The summed E-state index contributed by atoms with van der Waals surface area (Å²) in [5.41, 5.74) is 1.56. The molecule has 5 nitrogen and oxygen atoms in total. The average Bonchev–Trinajstić information content (AvgIpc) is 2.70. The van der Waals surface area contributed by atoms with Crippen LogP contribution in [-0.4, -0.2) is 18.5 Å². The molecule has 0 amide bonds. The van der Waals surface area contributed by atoms with Gasteiger partial charge in [0, 0.05) is 0 Å². The third-order valence-corrected chi connectivity index (χ3v) is 3.92. The van der Waals surface area contributed by atoms with Crippen molar-refractivity contribution in [1.29, 1.82) is 0 Å². The van der Waals surface area contributed by atoms with Crippen LogP contribution in [0.15, 0.2) is 60.9 Å². The van der Waals surface area contributed by atoms with Crippen molar-refractivity contribution in [1.82, 2.24) is 0 Å². The lowest BCUT2D eigenvalue weighted by molar-refractivity contribution is -0.129. The summed E-state index contributed by atoms with van der Waals surface area (Å²) in [4.78, 5) is 23.8. The Kier molecular flexibility index (Phi) is 8.79. The second-order valence-electron chi connectivity index (χ2n) is 6.25. The second-order valence-corrected chi connectivity index (χ2v) is 6.25. The van der Waals surface area contributed by atoms with Crippen molar-refractivity contribution in [3.8, 4) is 11.5 Å². The van der Waals surface area contributed by atoms with E-state index >= 15 is 0 Å². The van der Waals surface area contributed by atoms with Crippen LogP contribution < -0.4 is 9.47 Å². The van der Waals surface area contributed by atoms with Gasteiger partial charge < -0.3 is 14.2 Å². The van der Waals surface area contributed by atoms with Crippen molar-refractivity contribution < 1.29 is 23.8 Å². The van der Waals surface area contributed by atoms with Gasteiger partial charge >= 0.3 is 11.9 Å². The average molecular weight is 382 g/mol. The number of esters is 2. The quantitative estimate of drug-likeness (QED) is 0.188. The van der Waals surface area contributed by atoms with Crippen LogP contribution in [0.3, 0.4) is 0 Å². The Balaban J connectivity index is 1.79. The van der Waals surface area contributed by atoms with Crippen LogP contribution in [0.2, 0.25) is 0 Å². The Morgan fingerprint density at radius 1 is 0.893 bits per heavy atom. The predicted molar refractivity (Wildman–Crippen MR) is 107 cm³/mol. The minimum absolute atomic E-state index is 0.368. The van der Waals surface area contributed by atoms with Gasteiger partial charge in [0.15, 0.2) is 0 Å². The highest BCUT2D eigenvalue weighted by Gasteiger charge is 2.07. The van der Waals surface area contributed by atoms with Crippen molar-refractivity contribution in [3.05, 3.63) is 72.0 Å². The molecule has 5 heteroatoms. The number of unbranched alkanes of at least 4 members (excludes halogenated alkanes) is 1. The second kappa shape index (κ2) is 11.6. The van der Waals surface area contributed by atoms with E-state index in [2.05, 4.69) is 13.8 Å². The molecule has 0 unspecified atom stereocenters. The third-order valence-electron chi connectivity index (χ3n) is 3.92.